The van der Waals surface area contributed by atoms with Crippen LogP contribution >= 0.6 is 0 Å². The van der Waals surface area contributed by atoms with Crippen LogP contribution in [0.15, 0.2) is 36.9 Å². The van der Waals surface area contributed by atoms with Crippen LogP contribution in [0.4, 0.5) is 0 Å². The van der Waals surface area contributed by atoms with Gasteiger partial charge in [0.1, 0.15) is 5.75 Å². The summed E-state index contributed by atoms with van der Waals surface area (Å²) >= 11 is 0. The second-order valence-corrected chi connectivity index (χ2v) is 4.35. The number of carbonyl (C=O) groups excluding carboxylic acids is 1. The fourth-order valence-corrected chi connectivity index (χ4v) is 1.78. The van der Waals surface area contributed by atoms with E-state index in [2.05, 4.69) is 6.58 Å². The van der Waals surface area contributed by atoms with Gasteiger partial charge in [-0.15, -0.1) is 6.58 Å². The Morgan fingerprint density at radius 2 is 2.11 bits per heavy atom. The number of amides is 1. The van der Waals surface area contributed by atoms with Gasteiger partial charge in [0, 0.05) is 6.54 Å². The SMILES string of the molecule is C=CCCN(C)[C@@H](Cc1ccc(O)cc1)C(N)=O. The maximum Gasteiger partial charge on any atom is 0.235 e. The molecule has 1 aromatic rings. The molecule has 0 unspecified atom stereocenters. The third-order valence-corrected chi connectivity index (χ3v) is 2.91. The molecule has 1 aromatic carbocycles. The third-order valence-electron chi connectivity index (χ3n) is 2.91. The monoisotopic (exact) mass is 248 g/mol. The second-order valence-electron chi connectivity index (χ2n) is 4.35. The Bertz CT molecular complexity index is 401. The van der Waals surface area contributed by atoms with Gasteiger partial charge in [-0.05, 0) is 37.6 Å². The molecule has 0 radical (unpaired) electrons. The fourth-order valence-electron chi connectivity index (χ4n) is 1.78. The standard InChI is InChI=1S/C14H20N2O2/c1-3-4-9-16(2)13(14(15)18)10-11-5-7-12(17)8-6-11/h3,5-8,13,17H,1,4,9-10H2,2H3,(H2,15,18)/t13-/m0/s1. The van der Waals surface area contributed by atoms with E-state index in [0.717, 1.165) is 18.5 Å². The number of phenols is 1. The molecule has 4 nitrogen and oxygen atoms in total. The highest BCUT2D eigenvalue weighted by molar-refractivity contribution is 5.80. The van der Waals surface area contributed by atoms with Crippen molar-refractivity contribution in [3.05, 3.63) is 42.5 Å². The smallest absolute Gasteiger partial charge is 0.235 e. The van der Waals surface area contributed by atoms with Crippen molar-refractivity contribution in [1.82, 2.24) is 4.90 Å². The summed E-state index contributed by atoms with van der Waals surface area (Å²) in [6.07, 6.45) is 3.17. The summed E-state index contributed by atoms with van der Waals surface area (Å²) in [7, 11) is 1.87. The molecule has 0 fully saturated rings. The maximum atomic E-state index is 11.5. The van der Waals surface area contributed by atoms with Gasteiger partial charge in [-0.1, -0.05) is 18.2 Å². The largest absolute Gasteiger partial charge is 0.508 e. The van der Waals surface area contributed by atoms with E-state index in [4.69, 9.17) is 5.73 Å². The molecular weight excluding hydrogens is 228 g/mol. The van der Waals surface area contributed by atoms with Crippen LogP contribution in [0.25, 0.3) is 0 Å². The molecule has 0 spiro atoms. The van der Waals surface area contributed by atoms with Crippen molar-refractivity contribution in [3.8, 4) is 5.75 Å². The minimum absolute atomic E-state index is 0.217. The number of phenolic OH excluding ortho intramolecular Hbond substituents is 1. The number of benzene rings is 1. The highest BCUT2D eigenvalue weighted by Crippen LogP contribution is 2.13. The minimum Gasteiger partial charge on any atom is -0.508 e. The number of hydrogen-bond acceptors (Lipinski definition) is 3. The van der Waals surface area contributed by atoms with Gasteiger partial charge in [0.2, 0.25) is 5.91 Å². The van der Waals surface area contributed by atoms with E-state index in [9.17, 15) is 9.90 Å². The summed E-state index contributed by atoms with van der Waals surface area (Å²) in [5, 5.41) is 9.21. The normalized spacial score (nSPS) is 12.3. The molecule has 0 aromatic heterocycles. The van der Waals surface area contributed by atoms with Crippen LogP contribution in [0.5, 0.6) is 5.75 Å². The number of carbonyl (C=O) groups is 1. The van der Waals surface area contributed by atoms with Gasteiger partial charge in [0.15, 0.2) is 0 Å². The third kappa shape index (κ3) is 4.22. The quantitative estimate of drug-likeness (QED) is 0.715. The Morgan fingerprint density at radius 3 is 2.61 bits per heavy atom. The number of primary amides is 1. The first-order valence-corrected chi connectivity index (χ1v) is 5.93. The molecule has 3 N–H and O–H groups in total. The Morgan fingerprint density at radius 1 is 1.50 bits per heavy atom. The molecule has 0 aliphatic heterocycles. The Labute approximate surface area is 108 Å². The summed E-state index contributed by atoms with van der Waals surface area (Å²) in [5.74, 6) is -0.121. The average molecular weight is 248 g/mol. The van der Waals surface area contributed by atoms with E-state index in [0.29, 0.717) is 6.42 Å². The lowest BCUT2D eigenvalue weighted by atomic mass is 10.0. The summed E-state index contributed by atoms with van der Waals surface area (Å²) in [6, 6.07) is 6.47. The van der Waals surface area contributed by atoms with Crippen molar-refractivity contribution >= 4 is 5.91 Å². The lowest BCUT2D eigenvalue weighted by Crippen LogP contribution is -2.44. The maximum absolute atomic E-state index is 11.5. The first-order valence-electron chi connectivity index (χ1n) is 5.93. The molecule has 0 saturated heterocycles. The molecule has 0 aliphatic rings. The van der Waals surface area contributed by atoms with E-state index in [1.165, 1.54) is 0 Å². The van der Waals surface area contributed by atoms with Crippen molar-refractivity contribution < 1.29 is 9.90 Å². The molecule has 0 heterocycles. The Kier molecular flexibility index (Phi) is 5.39. The van der Waals surface area contributed by atoms with Gasteiger partial charge >= 0.3 is 0 Å². The zero-order valence-electron chi connectivity index (χ0n) is 10.7. The van der Waals surface area contributed by atoms with Crippen molar-refractivity contribution in [2.24, 2.45) is 5.73 Å². The van der Waals surface area contributed by atoms with Crippen LogP contribution in [-0.4, -0.2) is 35.5 Å². The van der Waals surface area contributed by atoms with Crippen LogP contribution in [0.1, 0.15) is 12.0 Å². The predicted molar refractivity (Wildman–Crippen MR) is 72.2 cm³/mol. The zero-order valence-corrected chi connectivity index (χ0v) is 10.7. The van der Waals surface area contributed by atoms with E-state index in [-0.39, 0.29) is 17.7 Å². The number of nitrogens with two attached hydrogens (primary N) is 1. The summed E-state index contributed by atoms with van der Waals surface area (Å²) in [6.45, 7) is 4.41. The number of hydrogen-bond donors (Lipinski definition) is 2. The second kappa shape index (κ2) is 6.81. The number of nitrogens with zero attached hydrogens (tertiary/aromatic N) is 1. The Balaban J connectivity index is 2.70. The van der Waals surface area contributed by atoms with E-state index in [1.54, 1.807) is 24.3 Å². The molecule has 4 heteroatoms. The summed E-state index contributed by atoms with van der Waals surface area (Å²) in [5.41, 5.74) is 6.41. The summed E-state index contributed by atoms with van der Waals surface area (Å²) in [4.78, 5) is 13.4. The average Bonchev–Trinajstić information content (AvgIpc) is 2.34. The highest BCUT2D eigenvalue weighted by atomic mass is 16.3. The van der Waals surface area contributed by atoms with Gasteiger partial charge in [-0.25, -0.2) is 0 Å². The molecule has 0 bridgehead atoms. The van der Waals surface area contributed by atoms with Crippen LogP contribution in [-0.2, 0) is 11.2 Å². The summed E-state index contributed by atoms with van der Waals surface area (Å²) < 4.78 is 0. The molecule has 1 atom stereocenters. The van der Waals surface area contributed by atoms with Gasteiger partial charge in [0.25, 0.3) is 0 Å². The zero-order chi connectivity index (χ0) is 13.5. The fraction of sp³-hybridized carbons (Fsp3) is 0.357. The van der Waals surface area contributed by atoms with Crippen LogP contribution in [0.3, 0.4) is 0 Å². The van der Waals surface area contributed by atoms with Gasteiger partial charge in [-0.3, -0.25) is 9.69 Å². The molecule has 1 amide bonds. The molecule has 98 valence electrons. The van der Waals surface area contributed by atoms with E-state index >= 15 is 0 Å². The topological polar surface area (TPSA) is 66.6 Å². The Hall–Kier alpha value is -1.81. The van der Waals surface area contributed by atoms with Crippen molar-refractivity contribution in [1.29, 1.82) is 0 Å². The minimum atomic E-state index is -0.338. The lowest BCUT2D eigenvalue weighted by Gasteiger charge is -2.25. The van der Waals surface area contributed by atoms with Crippen LogP contribution < -0.4 is 5.73 Å². The van der Waals surface area contributed by atoms with Crippen LogP contribution in [0, 0.1) is 0 Å². The first-order chi connectivity index (χ1) is 8.54. The lowest BCUT2D eigenvalue weighted by molar-refractivity contribution is -0.122. The van der Waals surface area contributed by atoms with Crippen LogP contribution in [0.2, 0.25) is 0 Å². The highest BCUT2D eigenvalue weighted by Gasteiger charge is 2.20. The van der Waals surface area contributed by atoms with Gasteiger partial charge < -0.3 is 10.8 Å². The number of aromatic hydroxyl groups is 1. The molecule has 1 rings (SSSR count). The number of rotatable bonds is 7. The van der Waals surface area contributed by atoms with Crippen molar-refractivity contribution in [3.63, 3.8) is 0 Å². The van der Waals surface area contributed by atoms with Gasteiger partial charge in [0.05, 0.1) is 6.04 Å². The van der Waals surface area contributed by atoms with Crippen molar-refractivity contribution in [2.45, 2.75) is 18.9 Å². The molecular formula is C14H20N2O2. The molecule has 18 heavy (non-hydrogen) atoms. The van der Waals surface area contributed by atoms with E-state index in [1.807, 2.05) is 18.0 Å². The number of likely N-dealkylation sites (N-methyl/N-ethyl adjacent to an activating group) is 1. The van der Waals surface area contributed by atoms with Crippen molar-refractivity contribution in [2.75, 3.05) is 13.6 Å². The first kappa shape index (κ1) is 14.3. The van der Waals surface area contributed by atoms with E-state index < -0.39 is 0 Å². The molecule has 0 saturated carbocycles. The van der Waals surface area contributed by atoms with Gasteiger partial charge in [-0.2, -0.15) is 0 Å². The predicted octanol–water partition coefficient (Wildman–Crippen LogP) is 1.30. The molecule has 0 aliphatic carbocycles.